The largest absolute Gasteiger partial charge is 0.454 e. The Balaban J connectivity index is 1.45. The summed E-state index contributed by atoms with van der Waals surface area (Å²) in [7, 11) is 0. The van der Waals surface area contributed by atoms with E-state index in [1.54, 1.807) is 36.4 Å². The second kappa shape index (κ2) is 7.63. The van der Waals surface area contributed by atoms with Crippen LogP contribution in [0.3, 0.4) is 0 Å². The molecule has 5 rings (SSSR count). The molecule has 2 aliphatic heterocycles. The summed E-state index contributed by atoms with van der Waals surface area (Å²) in [5.41, 5.74) is 0.876. The maximum Gasteiger partial charge on any atom is 0.410 e. The van der Waals surface area contributed by atoms with Gasteiger partial charge in [-0.15, -0.1) is 0 Å². The average Bonchev–Trinajstić information content (AvgIpc) is 3.38. The van der Waals surface area contributed by atoms with E-state index in [1.807, 2.05) is 0 Å². The van der Waals surface area contributed by atoms with E-state index in [2.05, 4.69) is 15.7 Å². The van der Waals surface area contributed by atoms with Crippen molar-refractivity contribution in [2.75, 3.05) is 17.4 Å². The highest BCUT2D eigenvalue weighted by Gasteiger charge is 2.47. The molecule has 2 aromatic carbocycles. The maximum atomic E-state index is 13.9. The molecule has 2 atom stereocenters. The number of carbonyl (C=O) groups is 1. The van der Waals surface area contributed by atoms with Crippen LogP contribution in [0, 0.1) is 0 Å². The topological polar surface area (TPSA) is 77.4 Å². The molecule has 0 fully saturated rings. The summed E-state index contributed by atoms with van der Waals surface area (Å²) in [6.45, 7) is 0.0694. The normalized spacial score (nSPS) is 19.2. The molecule has 32 heavy (non-hydrogen) atoms. The van der Waals surface area contributed by atoms with Crippen molar-refractivity contribution in [1.29, 1.82) is 0 Å². The number of rotatable bonds is 3. The molecule has 2 N–H and O–H groups in total. The molecule has 0 spiro atoms. The highest BCUT2D eigenvalue weighted by Crippen LogP contribution is 2.45. The number of hydrogen-bond donors (Lipinski definition) is 2. The molecule has 0 saturated heterocycles. The van der Waals surface area contributed by atoms with Gasteiger partial charge in [-0.3, -0.25) is 4.79 Å². The smallest absolute Gasteiger partial charge is 0.410 e. The third-order valence-corrected chi connectivity index (χ3v) is 5.54. The molecule has 0 bridgehead atoms. The van der Waals surface area contributed by atoms with Gasteiger partial charge in [-0.2, -0.15) is 18.3 Å². The van der Waals surface area contributed by atoms with Gasteiger partial charge in [-0.1, -0.05) is 23.7 Å². The van der Waals surface area contributed by atoms with E-state index in [0.29, 0.717) is 27.8 Å². The molecule has 0 saturated carbocycles. The van der Waals surface area contributed by atoms with Gasteiger partial charge in [0.2, 0.25) is 6.79 Å². The molecule has 0 aliphatic carbocycles. The number of aromatic nitrogens is 2. The number of ether oxygens (including phenoxy) is 2. The number of nitrogens with one attached hydrogen (secondary N) is 2. The molecule has 7 nitrogen and oxygen atoms in total. The van der Waals surface area contributed by atoms with Gasteiger partial charge >= 0.3 is 6.18 Å². The molecule has 1 amide bonds. The van der Waals surface area contributed by atoms with E-state index in [1.165, 1.54) is 12.1 Å². The van der Waals surface area contributed by atoms with Gasteiger partial charge in [0.25, 0.3) is 5.91 Å². The standard InChI is InChI=1S/C21H16ClF3N4O3/c22-12-2-1-3-13(7-12)26-20(30)15-9-19-27-14(8-18(21(23,24)25)29(19)28-15)11-4-5-16-17(6-11)32-10-31-16/h1-7,9,14,18,27H,8,10H2,(H,26,30)/t14-,18-/m0/s1. The first-order valence-electron chi connectivity index (χ1n) is 9.67. The number of benzene rings is 2. The minimum absolute atomic E-state index is 0.0694. The lowest BCUT2D eigenvalue weighted by Crippen LogP contribution is -2.35. The van der Waals surface area contributed by atoms with Crippen LogP contribution in [-0.2, 0) is 0 Å². The first kappa shape index (κ1) is 20.5. The molecular weight excluding hydrogens is 449 g/mol. The zero-order valence-corrected chi connectivity index (χ0v) is 17.1. The summed E-state index contributed by atoms with van der Waals surface area (Å²) in [4.78, 5) is 12.6. The van der Waals surface area contributed by atoms with Gasteiger partial charge in [0.05, 0.1) is 6.04 Å². The van der Waals surface area contributed by atoms with Crippen molar-refractivity contribution in [2.45, 2.75) is 24.7 Å². The minimum Gasteiger partial charge on any atom is -0.454 e. The van der Waals surface area contributed by atoms with Gasteiger partial charge in [-0.25, -0.2) is 4.68 Å². The Morgan fingerprint density at radius 3 is 2.75 bits per heavy atom. The Labute approximate surface area is 185 Å². The number of fused-ring (bicyclic) bond motifs is 2. The van der Waals surface area contributed by atoms with Crippen LogP contribution in [0.4, 0.5) is 24.7 Å². The molecule has 2 aliphatic rings. The van der Waals surface area contributed by atoms with Crippen molar-refractivity contribution in [3.05, 3.63) is 64.8 Å². The fraction of sp³-hybridized carbons (Fsp3) is 0.238. The number of hydrogen-bond acceptors (Lipinski definition) is 5. The van der Waals surface area contributed by atoms with Crippen molar-refractivity contribution in [3.63, 3.8) is 0 Å². The quantitative estimate of drug-likeness (QED) is 0.558. The van der Waals surface area contributed by atoms with Crippen molar-refractivity contribution in [1.82, 2.24) is 9.78 Å². The molecule has 1 aromatic heterocycles. The highest BCUT2D eigenvalue weighted by atomic mass is 35.5. The molecule has 3 aromatic rings. The second-order valence-corrected chi connectivity index (χ2v) is 7.86. The van der Waals surface area contributed by atoms with Crippen LogP contribution in [0.5, 0.6) is 11.5 Å². The van der Waals surface area contributed by atoms with E-state index in [9.17, 15) is 18.0 Å². The fourth-order valence-corrected chi connectivity index (χ4v) is 3.98. The lowest BCUT2D eigenvalue weighted by molar-refractivity contribution is -0.173. The molecule has 0 unspecified atom stereocenters. The first-order valence-corrected chi connectivity index (χ1v) is 10.0. The summed E-state index contributed by atoms with van der Waals surface area (Å²) < 4.78 is 53.1. The van der Waals surface area contributed by atoms with Crippen LogP contribution in [0.25, 0.3) is 0 Å². The van der Waals surface area contributed by atoms with Crippen molar-refractivity contribution in [3.8, 4) is 11.5 Å². The second-order valence-electron chi connectivity index (χ2n) is 7.43. The fourth-order valence-electron chi connectivity index (χ4n) is 3.79. The van der Waals surface area contributed by atoms with E-state index < -0.39 is 24.2 Å². The van der Waals surface area contributed by atoms with Gasteiger partial charge in [0, 0.05) is 23.2 Å². The number of anilines is 2. The van der Waals surface area contributed by atoms with E-state index in [4.69, 9.17) is 21.1 Å². The minimum atomic E-state index is -4.56. The lowest BCUT2D eigenvalue weighted by Gasteiger charge is -2.33. The van der Waals surface area contributed by atoms with Crippen molar-refractivity contribution >= 4 is 29.0 Å². The highest BCUT2D eigenvalue weighted by molar-refractivity contribution is 6.30. The van der Waals surface area contributed by atoms with E-state index in [0.717, 1.165) is 4.68 Å². The van der Waals surface area contributed by atoms with Crippen LogP contribution in [0.1, 0.15) is 34.6 Å². The third-order valence-electron chi connectivity index (χ3n) is 5.30. The lowest BCUT2D eigenvalue weighted by atomic mass is 9.96. The van der Waals surface area contributed by atoms with Crippen LogP contribution in [0.2, 0.25) is 5.02 Å². The Morgan fingerprint density at radius 1 is 1.16 bits per heavy atom. The number of halogens is 4. The maximum absolute atomic E-state index is 13.9. The Morgan fingerprint density at radius 2 is 1.97 bits per heavy atom. The molecule has 3 heterocycles. The van der Waals surface area contributed by atoms with Gasteiger partial charge in [0.1, 0.15) is 5.82 Å². The summed E-state index contributed by atoms with van der Waals surface area (Å²) in [6.07, 6.45) is -4.86. The van der Waals surface area contributed by atoms with Crippen LogP contribution >= 0.6 is 11.6 Å². The number of amides is 1. The SMILES string of the molecule is O=C(Nc1cccc(Cl)c1)c1cc2n(n1)[C@H](C(F)(F)F)C[C@@H](c1ccc3c(c1)OCO3)N2. The van der Waals surface area contributed by atoms with Gasteiger partial charge < -0.3 is 20.1 Å². The van der Waals surface area contributed by atoms with E-state index in [-0.39, 0.29) is 24.7 Å². The number of nitrogens with zero attached hydrogens (tertiary/aromatic N) is 2. The monoisotopic (exact) mass is 464 g/mol. The Bertz CT molecular complexity index is 1200. The third kappa shape index (κ3) is 3.81. The van der Waals surface area contributed by atoms with Gasteiger partial charge in [-0.05, 0) is 35.9 Å². The van der Waals surface area contributed by atoms with Crippen LogP contribution < -0.4 is 20.1 Å². The predicted octanol–water partition coefficient (Wildman–Crippen LogP) is 5.18. The van der Waals surface area contributed by atoms with Crippen LogP contribution in [-0.4, -0.2) is 28.7 Å². The first-order chi connectivity index (χ1) is 15.3. The molecule has 11 heteroatoms. The van der Waals surface area contributed by atoms with E-state index >= 15 is 0 Å². The summed E-state index contributed by atoms with van der Waals surface area (Å²) in [6, 6.07) is 10.2. The molecule has 166 valence electrons. The zero-order chi connectivity index (χ0) is 22.5. The number of carbonyl (C=O) groups excluding carboxylic acids is 1. The molecule has 0 radical (unpaired) electrons. The van der Waals surface area contributed by atoms with Gasteiger partial charge in [0.15, 0.2) is 23.2 Å². The average molecular weight is 465 g/mol. The Hall–Kier alpha value is -3.40. The summed E-state index contributed by atoms with van der Waals surface area (Å²) >= 11 is 5.91. The summed E-state index contributed by atoms with van der Waals surface area (Å²) in [5, 5.41) is 10.0. The summed E-state index contributed by atoms with van der Waals surface area (Å²) in [5.74, 6) is 0.476. The van der Waals surface area contributed by atoms with Crippen molar-refractivity contribution < 1.29 is 27.4 Å². The zero-order valence-electron chi connectivity index (χ0n) is 16.3. The molecular formula is C21H16ClF3N4O3. The Kier molecular flexibility index (Phi) is 4.89. The predicted molar refractivity (Wildman–Crippen MR) is 110 cm³/mol. The van der Waals surface area contributed by atoms with Crippen molar-refractivity contribution in [2.24, 2.45) is 0 Å². The number of alkyl halides is 3. The van der Waals surface area contributed by atoms with Crippen LogP contribution in [0.15, 0.2) is 48.5 Å².